The molecule has 0 radical (unpaired) electrons. The van der Waals surface area contributed by atoms with Gasteiger partial charge in [0.25, 0.3) is 0 Å². The van der Waals surface area contributed by atoms with Gasteiger partial charge in [-0.1, -0.05) is 39.5 Å². The van der Waals surface area contributed by atoms with Crippen LogP contribution in [0, 0.1) is 17.3 Å². The van der Waals surface area contributed by atoms with E-state index in [0.29, 0.717) is 5.41 Å². The molecule has 2 nitrogen and oxygen atoms in total. The Balaban J connectivity index is 1.62. The third-order valence-electron chi connectivity index (χ3n) is 5.51. The molecule has 0 aromatic rings. The van der Waals surface area contributed by atoms with E-state index in [-0.39, 0.29) is 0 Å². The minimum absolute atomic E-state index is 0.344. The van der Waals surface area contributed by atoms with Gasteiger partial charge >= 0.3 is 0 Å². The summed E-state index contributed by atoms with van der Waals surface area (Å²) in [6.07, 6.45) is 11.5. The van der Waals surface area contributed by atoms with E-state index in [1.165, 1.54) is 71.0 Å². The first kappa shape index (κ1) is 15.3. The number of piperidine rings is 1. The van der Waals surface area contributed by atoms with Crippen LogP contribution in [0.4, 0.5) is 0 Å². The average molecular weight is 266 g/mol. The highest BCUT2D eigenvalue weighted by Crippen LogP contribution is 2.36. The van der Waals surface area contributed by atoms with Crippen LogP contribution in [0.3, 0.4) is 0 Å². The van der Waals surface area contributed by atoms with E-state index in [2.05, 4.69) is 18.7 Å². The van der Waals surface area contributed by atoms with Crippen molar-refractivity contribution in [2.75, 3.05) is 26.2 Å². The highest BCUT2D eigenvalue weighted by atomic mass is 15.1. The highest BCUT2D eigenvalue weighted by Gasteiger charge is 2.30. The molecule has 19 heavy (non-hydrogen) atoms. The zero-order chi connectivity index (χ0) is 13.7. The molecule has 1 aliphatic heterocycles. The van der Waals surface area contributed by atoms with Crippen LogP contribution < -0.4 is 5.73 Å². The van der Waals surface area contributed by atoms with E-state index in [4.69, 9.17) is 5.73 Å². The second-order valence-corrected chi connectivity index (χ2v) is 7.72. The Morgan fingerprint density at radius 3 is 2.53 bits per heavy atom. The Bertz CT molecular complexity index is 262. The molecule has 2 rings (SSSR count). The Morgan fingerprint density at radius 1 is 1.05 bits per heavy atom. The molecule has 2 aliphatic rings. The predicted molar refractivity (Wildman–Crippen MR) is 83.2 cm³/mol. The van der Waals surface area contributed by atoms with E-state index < -0.39 is 0 Å². The number of nitrogens with two attached hydrogens (primary N) is 1. The van der Waals surface area contributed by atoms with Gasteiger partial charge in [0, 0.05) is 6.54 Å². The summed E-state index contributed by atoms with van der Waals surface area (Å²) < 4.78 is 0. The van der Waals surface area contributed by atoms with E-state index >= 15 is 0 Å². The van der Waals surface area contributed by atoms with Gasteiger partial charge in [-0.3, -0.25) is 0 Å². The van der Waals surface area contributed by atoms with E-state index in [1.807, 2.05) is 0 Å². The lowest BCUT2D eigenvalue weighted by Gasteiger charge is -2.41. The van der Waals surface area contributed by atoms with Crippen LogP contribution in [0.25, 0.3) is 0 Å². The summed E-state index contributed by atoms with van der Waals surface area (Å²) in [6, 6.07) is 0. The molecule has 0 amide bonds. The lowest BCUT2D eigenvalue weighted by Crippen LogP contribution is -2.42. The zero-order valence-corrected chi connectivity index (χ0v) is 13.2. The molecule has 2 N–H and O–H groups in total. The standard InChI is InChI=1S/C17H34N2/c1-17(2,14-18)10-5-6-11-19-12-9-15-7-3-4-8-16(15)13-19/h15-16H,3-14,18H2,1-2H3. The molecule has 1 saturated carbocycles. The van der Waals surface area contributed by atoms with Gasteiger partial charge in [0.05, 0.1) is 0 Å². The zero-order valence-electron chi connectivity index (χ0n) is 13.2. The molecule has 0 aromatic heterocycles. The number of hydrogen-bond donors (Lipinski definition) is 1. The van der Waals surface area contributed by atoms with E-state index in [9.17, 15) is 0 Å². The number of likely N-dealkylation sites (tertiary alicyclic amines) is 1. The Hall–Kier alpha value is -0.0800. The fourth-order valence-electron chi connectivity index (χ4n) is 3.92. The molecule has 112 valence electrons. The molecule has 2 unspecified atom stereocenters. The predicted octanol–water partition coefficient (Wildman–Crippen LogP) is 3.65. The Kier molecular flexibility index (Phi) is 5.70. The molecule has 1 heterocycles. The van der Waals surface area contributed by atoms with Crippen molar-refractivity contribution in [1.82, 2.24) is 4.90 Å². The van der Waals surface area contributed by atoms with Crippen LogP contribution in [-0.4, -0.2) is 31.1 Å². The third kappa shape index (κ3) is 4.75. The summed E-state index contributed by atoms with van der Waals surface area (Å²) in [5.74, 6) is 2.10. The van der Waals surface area contributed by atoms with Crippen LogP contribution in [-0.2, 0) is 0 Å². The summed E-state index contributed by atoms with van der Waals surface area (Å²) in [7, 11) is 0. The molecule has 1 aliphatic carbocycles. The van der Waals surface area contributed by atoms with Crippen LogP contribution in [0.5, 0.6) is 0 Å². The second-order valence-electron chi connectivity index (χ2n) is 7.72. The van der Waals surface area contributed by atoms with Gasteiger partial charge < -0.3 is 10.6 Å². The van der Waals surface area contributed by atoms with Crippen molar-refractivity contribution in [3.05, 3.63) is 0 Å². The number of fused-ring (bicyclic) bond motifs is 1. The molecule has 0 aromatic carbocycles. The number of rotatable bonds is 6. The van der Waals surface area contributed by atoms with Crippen molar-refractivity contribution in [3.8, 4) is 0 Å². The number of hydrogen-bond acceptors (Lipinski definition) is 2. The molecular formula is C17H34N2. The molecule has 2 heteroatoms. The monoisotopic (exact) mass is 266 g/mol. The number of nitrogens with zero attached hydrogens (tertiary/aromatic N) is 1. The summed E-state index contributed by atoms with van der Waals surface area (Å²) in [6.45, 7) is 9.48. The van der Waals surface area contributed by atoms with Crippen molar-refractivity contribution in [3.63, 3.8) is 0 Å². The maximum atomic E-state index is 5.79. The fraction of sp³-hybridized carbons (Fsp3) is 1.00. The van der Waals surface area contributed by atoms with Crippen molar-refractivity contribution >= 4 is 0 Å². The first-order valence-electron chi connectivity index (χ1n) is 8.53. The molecule has 0 bridgehead atoms. The van der Waals surface area contributed by atoms with E-state index in [1.54, 1.807) is 0 Å². The number of unbranched alkanes of at least 4 members (excludes halogenated alkanes) is 1. The summed E-state index contributed by atoms with van der Waals surface area (Å²) in [5, 5.41) is 0. The van der Waals surface area contributed by atoms with Crippen LogP contribution in [0.2, 0.25) is 0 Å². The highest BCUT2D eigenvalue weighted by molar-refractivity contribution is 4.83. The minimum Gasteiger partial charge on any atom is -0.330 e. The Morgan fingerprint density at radius 2 is 1.79 bits per heavy atom. The van der Waals surface area contributed by atoms with Crippen molar-refractivity contribution in [2.45, 2.75) is 65.2 Å². The van der Waals surface area contributed by atoms with Crippen LogP contribution in [0.15, 0.2) is 0 Å². The van der Waals surface area contributed by atoms with Gasteiger partial charge in [-0.05, 0) is 62.6 Å². The Labute approximate surface area is 120 Å². The van der Waals surface area contributed by atoms with Gasteiger partial charge in [-0.2, -0.15) is 0 Å². The molecule has 2 fully saturated rings. The van der Waals surface area contributed by atoms with Crippen molar-refractivity contribution in [2.24, 2.45) is 23.0 Å². The van der Waals surface area contributed by atoms with Gasteiger partial charge in [0.1, 0.15) is 0 Å². The lowest BCUT2D eigenvalue weighted by molar-refractivity contribution is 0.0850. The SMILES string of the molecule is CC(C)(CN)CCCCN1CCC2CCCCC2C1. The first-order valence-corrected chi connectivity index (χ1v) is 8.53. The maximum Gasteiger partial charge on any atom is 0.00123 e. The van der Waals surface area contributed by atoms with Gasteiger partial charge in [0.15, 0.2) is 0 Å². The molecule has 0 spiro atoms. The summed E-state index contributed by atoms with van der Waals surface area (Å²) in [4.78, 5) is 2.74. The third-order valence-corrected chi connectivity index (χ3v) is 5.51. The molecule has 1 saturated heterocycles. The van der Waals surface area contributed by atoms with Crippen molar-refractivity contribution < 1.29 is 0 Å². The fourth-order valence-corrected chi connectivity index (χ4v) is 3.92. The molecular weight excluding hydrogens is 232 g/mol. The topological polar surface area (TPSA) is 29.3 Å². The summed E-state index contributed by atoms with van der Waals surface area (Å²) >= 11 is 0. The smallest absolute Gasteiger partial charge is 0.00123 e. The summed E-state index contributed by atoms with van der Waals surface area (Å²) in [5.41, 5.74) is 6.14. The van der Waals surface area contributed by atoms with Crippen LogP contribution >= 0.6 is 0 Å². The van der Waals surface area contributed by atoms with Crippen molar-refractivity contribution in [1.29, 1.82) is 0 Å². The molecule has 2 atom stereocenters. The van der Waals surface area contributed by atoms with E-state index in [0.717, 1.165) is 18.4 Å². The van der Waals surface area contributed by atoms with Crippen LogP contribution in [0.1, 0.15) is 65.2 Å². The largest absolute Gasteiger partial charge is 0.330 e. The average Bonchev–Trinajstić information content (AvgIpc) is 2.43. The normalized spacial score (nSPS) is 29.2. The van der Waals surface area contributed by atoms with Gasteiger partial charge in [-0.15, -0.1) is 0 Å². The quantitative estimate of drug-likeness (QED) is 0.744. The first-order chi connectivity index (χ1) is 9.11. The van der Waals surface area contributed by atoms with Gasteiger partial charge in [-0.25, -0.2) is 0 Å². The lowest BCUT2D eigenvalue weighted by atomic mass is 9.75. The second kappa shape index (κ2) is 7.08. The van der Waals surface area contributed by atoms with Gasteiger partial charge in [0.2, 0.25) is 0 Å². The maximum absolute atomic E-state index is 5.79. The minimum atomic E-state index is 0.344.